The summed E-state index contributed by atoms with van der Waals surface area (Å²) in [5.41, 5.74) is 4.61. The van der Waals surface area contributed by atoms with Crippen LogP contribution in [0.4, 0.5) is 0 Å². The Balaban J connectivity index is 2.47. The van der Waals surface area contributed by atoms with E-state index in [0.29, 0.717) is 14.3 Å². The number of benzene rings is 2. The van der Waals surface area contributed by atoms with Crippen molar-refractivity contribution in [1.82, 2.24) is 0 Å². The minimum Gasteiger partial charge on any atom is -0.507 e. The molecule has 110 valence electrons. The first-order valence-electron chi connectivity index (χ1n) is 7.06. The van der Waals surface area contributed by atoms with E-state index < -0.39 is 0 Å². The molecule has 0 aromatic heterocycles. The summed E-state index contributed by atoms with van der Waals surface area (Å²) in [4.78, 5) is 0. The van der Waals surface area contributed by atoms with Crippen LogP contribution in [0.25, 0.3) is 0 Å². The second-order valence-electron chi connectivity index (χ2n) is 5.79. The normalized spacial score (nSPS) is 11.1. The molecule has 0 spiro atoms. The minimum atomic E-state index is 0.426. The van der Waals surface area contributed by atoms with E-state index in [1.807, 2.05) is 27.1 Å². The predicted molar refractivity (Wildman–Crippen MR) is 93.6 cm³/mol. The lowest BCUT2D eigenvalue weighted by Gasteiger charge is -2.11. The molecule has 0 radical (unpaired) electrons. The van der Waals surface area contributed by atoms with Crippen LogP contribution in [0.1, 0.15) is 22.3 Å². The van der Waals surface area contributed by atoms with E-state index in [2.05, 4.69) is 48.9 Å². The second-order valence-corrected chi connectivity index (χ2v) is 7.11. The van der Waals surface area contributed by atoms with Gasteiger partial charge in [0, 0.05) is 10.9 Å². The van der Waals surface area contributed by atoms with Crippen LogP contribution in [-0.2, 0) is 0 Å². The summed E-state index contributed by atoms with van der Waals surface area (Å²) in [6.45, 7) is 6.13. The first-order valence-corrected chi connectivity index (χ1v) is 8.06. The van der Waals surface area contributed by atoms with E-state index in [0.717, 1.165) is 10.9 Å². The van der Waals surface area contributed by atoms with Crippen molar-refractivity contribution < 1.29 is 9.68 Å². The number of hydrogen-bond acceptors (Lipinski definition) is 1. The number of rotatable bonds is 3. The Hall–Kier alpha value is -1.66. The van der Waals surface area contributed by atoms with Gasteiger partial charge in [-0.2, -0.15) is 0 Å². The average Bonchev–Trinajstić information content (AvgIpc) is 2.37. The van der Waals surface area contributed by atoms with E-state index in [4.69, 9.17) is 0 Å². The quantitative estimate of drug-likeness (QED) is 0.526. The van der Waals surface area contributed by atoms with Crippen LogP contribution < -0.4 is 10.6 Å². The number of phenols is 1. The lowest BCUT2D eigenvalue weighted by Crippen LogP contribution is -2.13. The maximum absolute atomic E-state index is 10.3. The van der Waals surface area contributed by atoms with E-state index in [1.165, 1.54) is 22.0 Å². The number of aromatic hydroxyl groups is 1. The fourth-order valence-electron chi connectivity index (χ4n) is 2.38. The van der Waals surface area contributed by atoms with E-state index in [9.17, 15) is 5.11 Å². The van der Waals surface area contributed by atoms with Crippen molar-refractivity contribution in [3.05, 3.63) is 52.6 Å². The number of nitrogens with zero attached hydrogens (tertiary/aromatic N) is 1. The van der Waals surface area contributed by atoms with Gasteiger partial charge in [0.15, 0.2) is 6.21 Å². The van der Waals surface area contributed by atoms with Crippen LogP contribution >= 0.6 is 8.58 Å². The van der Waals surface area contributed by atoms with Gasteiger partial charge in [0.1, 0.15) is 19.8 Å². The standard InChI is InChI=1S/C18H22NOP/c1-12-6-7-16(15(9-12)11-19(4)5)21-17-10-13(2)8-14(3)18(17)20/h6-11,21H,1-5H3/p+1. The zero-order valence-electron chi connectivity index (χ0n) is 13.4. The summed E-state index contributed by atoms with van der Waals surface area (Å²) in [6.07, 6.45) is 2.13. The van der Waals surface area contributed by atoms with Gasteiger partial charge in [0.25, 0.3) is 0 Å². The molecule has 2 aromatic rings. The Morgan fingerprint density at radius 1 is 0.952 bits per heavy atom. The summed E-state index contributed by atoms with van der Waals surface area (Å²) >= 11 is 0. The van der Waals surface area contributed by atoms with Gasteiger partial charge in [0.2, 0.25) is 0 Å². The van der Waals surface area contributed by atoms with E-state index >= 15 is 0 Å². The van der Waals surface area contributed by atoms with Crippen molar-refractivity contribution in [3.8, 4) is 5.75 Å². The molecule has 0 heterocycles. The van der Waals surface area contributed by atoms with Gasteiger partial charge in [-0.25, -0.2) is 4.58 Å². The first-order chi connectivity index (χ1) is 9.86. The topological polar surface area (TPSA) is 23.2 Å². The zero-order chi connectivity index (χ0) is 15.6. The average molecular weight is 300 g/mol. The molecule has 0 aliphatic carbocycles. The largest absolute Gasteiger partial charge is 0.507 e. The van der Waals surface area contributed by atoms with Crippen LogP contribution in [0.5, 0.6) is 5.75 Å². The molecule has 0 fully saturated rings. The van der Waals surface area contributed by atoms with E-state index in [1.54, 1.807) is 0 Å². The SMILES string of the molecule is Cc1ccc(Pc2cc(C)cc(C)c2O)c(C=[N+](C)C)c1. The molecule has 2 nitrogen and oxygen atoms in total. The van der Waals surface area contributed by atoms with Crippen molar-refractivity contribution in [1.29, 1.82) is 0 Å². The van der Waals surface area contributed by atoms with Gasteiger partial charge < -0.3 is 5.11 Å². The Morgan fingerprint density at radius 3 is 2.33 bits per heavy atom. The minimum absolute atomic E-state index is 0.426. The van der Waals surface area contributed by atoms with Crippen molar-refractivity contribution in [3.63, 3.8) is 0 Å². The molecular weight excluding hydrogens is 277 g/mol. The summed E-state index contributed by atoms with van der Waals surface area (Å²) in [6, 6.07) is 10.6. The van der Waals surface area contributed by atoms with Gasteiger partial charge in [-0.05, 0) is 49.3 Å². The Morgan fingerprint density at radius 2 is 1.67 bits per heavy atom. The van der Waals surface area contributed by atoms with Gasteiger partial charge in [-0.3, -0.25) is 0 Å². The van der Waals surface area contributed by atoms with Gasteiger partial charge in [0.05, 0.1) is 0 Å². The lowest BCUT2D eigenvalue weighted by molar-refractivity contribution is -0.458. The van der Waals surface area contributed by atoms with Crippen LogP contribution in [0, 0.1) is 20.8 Å². The summed E-state index contributed by atoms with van der Waals surface area (Å²) in [7, 11) is 4.52. The molecule has 1 unspecified atom stereocenters. The summed E-state index contributed by atoms with van der Waals surface area (Å²) < 4.78 is 2.06. The molecule has 3 heteroatoms. The zero-order valence-corrected chi connectivity index (χ0v) is 14.4. The molecule has 2 aromatic carbocycles. The molecule has 1 N–H and O–H groups in total. The van der Waals surface area contributed by atoms with Gasteiger partial charge in [-0.1, -0.05) is 32.3 Å². The lowest BCUT2D eigenvalue weighted by atomic mass is 10.1. The van der Waals surface area contributed by atoms with Crippen LogP contribution in [0.15, 0.2) is 30.3 Å². The molecule has 0 aliphatic rings. The van der Waals surface area contributed by atoms with Crippen LogP contribution in [0.2, 0.25) is 0 Å². The third kappa shape index (κ3) is 3.92. The van der Waals surface area contributed by atoms with Crippen molar-refractivity contribution in [2.75, 3.05) is 14.1 Å². The van der Waals surface area contributed by atoms with Crippen LogP contribution in [0.3, 0.4) is 0 Å². The number of aryl methyl sites for hydroxylation is 3. The Bertz CT molecular complexity index is 701. The van der Waals surface area contributed by atoms with E-state index in [-0.39, 0.29) is 0 Å². The van der Waals surface area contributed by atoms with Gasteiger partial charge >= 0.3 is 0 Å². The molecule has 0 bridgehead atoms. The third-order valence-corrected chi connectivity index (χ3v) is 4.69. The number of hydrogen-bond donors (Lipinski definition) is 1. The van der Waals surface area contributed by atoms with Crippen molar-refractivity contribution in [2.24, 2.45) is 0 Å². The van der Waals surface area contributed by atoms with Gasteiger partial charge in [-0.15, -0.1) is 0 Å². The molecule has 0 amide bonds. The van der Waals surface area contributed by atoms with Crippen LogP contribution in [-0.4, -0.2) is 30.0 Å². The highest BCUT2D eigenvalue weighted by atomic mass is 31.1. The van der Waals surface area contributed by atoms with Crippen molar-refractivity contribution in [2.45, 2.75) is 20.8 Å². The highest BCUT2D eigenvalue weighted by Gasteiger charge is 2.10. The molecule has 0 saturated heterocycles. The highest BCUT2D eigenvalue weighted by Crippen LogP contribution is 2.24. The smallest absolute Gasteiger partial charge is 0.170 e. The van der Waals surface area contributed by atoms with Crippen molar-refractivity contribution >= 4 is 25.4 Å². The molecule has 1 atom stereocenters. The summed E-state index contributed by atoms with van der Waals surface area (Å²) in [5.74, 6) is 0.426. The molecule has 0 saturated carbocycles. The third-order valence-electron chi connectivity index (χ3n) is 3.32. The molecule has 0 aliphatic heterocycles. The maximum Gasteiger partial charge on any atom is 0.170 e. The highest BCUT2D eigenvalue weighted by molar-refractivity contribution is 7.56. The molecule has 2 rings (SSSR count). The Kier molecular flexibility index (Phi) is 4.80. The maximum atomic E-state index is 10.3. The second kappa shape index (κ2) is 6.41. The first kappa shape index (κ1) is 15.7. The fourth-order valence-corrected chi connectivity index (χ4v) is 3.73. The molecule has 21 heavy (non-hydrogen) atoms. The monoisotopic (exact) mass is 300 g/mol. The predicted octanol–water partition coefficient (Wildman–Crippen LogP) is 2.64. The summed E-state index contributed by atoms with van der Waals surface area (Å²) in [5, 5.41) is 12.6. The molecular formula is C18H23NOP+. The Labute approximate surface area is 128 Å². The fraction of sp³-hybridized carbons (Fsp3) is 0.278. The number of phenolic OH excluding ortho intramolecular Hbond substituents is 1.